The monoisotopic (exact) mass is 256 g/mol. The predicted octanol–water partition coefficient (Wildman–Crippen LogP) is 1.59. The van der Waals surface area contributed by atoms with Gasteiger partial charge in [0, 0.05) is 5.56 Å². The lowest BCUT2D eigenvalue weighted by Crippen LogP contribution is -2.14. The van der Waals surface area contributed by atoms with Crippen LogP contribution in [0.25, 0.3) is 11.3 Å². The number of benzene rings is 1. The van der Waals surface area contributed by atoms with Gasteiger partial charge in [-0.2, -0.15) is 28.6 Å². The number of aromatic nitrogens is 3. The normalized spacial score (nSPS) is 11.5. The van der Waals surface area contributed by atoms with Crippen molar-refractivity contribution in [3.8, 4) is 11.3 Å². The summed E-state index contributed by atoms with van der Waals surface area (Å²) < 4.78 is 38.4. The molecule has 0 atom stereocenters. The zero-order valence-electron chi connectivity index (χ0n) is 8.82. The third-order valence-corrected chi connectivity index (χ3v) is 2.27. The highest BCUT2D eigenvalue weighted by Crippen LogP contribution is 2.36. The maximum absolute atomic E-state index is 12.8. The van der Waals surface area contributed by atoms with E-state index in [9.17, 15) is 18.0 Å². The van der Waals surface area contributed by atoms with E-state index in [1.165, 1.54) is 18.2 Å². The summed E-state index contributed by atoms with van der Waals surface area (Å²) in [5.41, 5.74) is 3.33. The second-order valence-electron chi connectivity index (χ2n) is 3.43. The second kappa shape index (κ2) is 4.13. The molecule has 1 amide bonds. The van der Waals surface area contributed by atoms with Gasteiger partial charge in [0.15, 0.2) is 5.69 Å². The van der Waals surface area contributed by atoms with Crippen molar-refractivity contribution in [2.75, 3.05) is 0 Å². The van der Waals surface area contributed by atoms with Crippen molar-refractivity contribution in [1.29, 1.82) is 0 Å². The molecular formula is C10H7F3N4O. The summed E-state index contributed by atoms with van der Waals surface area (Å²) >= 11 is 0. The first-order chi connectivity index (χ1) is 8.41. The van der Waals surface area contributed by atoms with Crippen molar-refractivity contribution in [1.82, 2.24) is 15.4 Å². The van der Waals surface area contributed by atoms with E-state index in [-0.39, 0.29) is 17.0 Å². The molecule has 2 rings (SSSR count). The van der Waals surface area contributed by atoms with Crippen LogP contribution in [0.15, 0.2) is 24.3 Å². The van der Waals surface area contributed by atoms with Gasteiger partial charge < -0.3 is 5.73 Å². The molecule has 18 heavy (non-hydrogen) atoms. The fourth-order valence-electron chi connectivity index (χ4n) is 1.53. The van der Waals surface area contributed by atoms with Gasteiger partial charge in [-0.25, -0.2) is 0 Å². The Morgan fingerprint density at radius 2 is 1.89 bits per heavy atom. The quantitative estimate of drug-likeness (QED) is 0.855. The summed E-state index contributed by atoms with van der Waals surface area (Å²) in [7, 11) is 0. The predicted molar refractivity (Wildman–Crippen MR) is 55.3 cm³/mol. The number of carbonyl (C=O) groups excluding carboxylic acids is 1. The van der Waals surface area contributed by atoms with Gasteiger partial charge in [0.25, 0.3) is 5.91 Å². The molecule has 94 valence electrons. The van der Waals surface area contributed by atoms with Crippen molar-refractivity contribution in [3.05, 3.63) is 35.5 Å². The minimum atomic E-state index is -4.55. The number of hydrogen-bond acceptors (Lipinski definition) is 3. The largest absolute Gasteiger partial charge is 0.417 e. The van der Waals surface area contributed by atoms with E-state index in [0.29, 0.717) is 0 Å². The standard InChI is InChI=1S/C10H7F3N4O/c11-10(12,13)6-4-2-1-3-5(6)7-8(9(14)18)16-17-15-7/h1-4H,(H2,14,18)(H,15,16,17). The van der Waals surface area contributed by atoms with Crippen LogP contribution < -0.4 is 5.73 Å². The van der Waals surface area contributed by atoms with Gasteiger partial charge in [0.1, 0.15) is 5.69 Å². The second-order valence-corrected chi connectivity index (χ2v) is 3.43. The molecule has 0 saturated carbocycles. The molecule has 1 aromatic carbocycles. The highest BCUT2D eigenvalue weighted by Gasteiger charge is 2.35. The fraction of sp³-hybridized carbons (Fsp3) is 0.100. The van der Waals surface area contributed by atoms with E-state index >= 15 is 0 Å². The van der Waals surface area contributed by atoms with Crippen LogP contribution in [-0.4, -0.2) is 21.3 Å². The van der Waals surface area contributed by atoms with Crippen LogP contribution in [0.5, 0.6) is 0 Å². The summed E-state index contributed by atoms with van der Waals surface area (Å²) in [5.74, 6) is -0.948. The molecule has 0 spiro atoms. The SMILES string of the molecule is NC(=O)c1n[nH]nc1-c1ccccc1C(F)(F)F. The number of carbonyl (C=O) groups is 1. The zero-order chi connectivity index (χ0) is 13.3. The van der Waals surface area contributed by atoms with Crippen LogP contribution >= 0.6 is 0 Å². The number of nitrogens with two attached hydrogens (primary N) is 1. The van der Waals surface area contributed by atoms with Gasteiger partial charge in [0.05, 0.1) is 5.56 Å². The minimum absolute atomic E-state index is 0.213. The molecule has 0 radical (unpaired) electrons. The number of primary amides is 1. The van der Waals surface area contributed by atoms with E-state index in [2.05, 4.69) is 15.4 Å². The smallest absolute Gasteiger partial charge is 0.364 e. The molecule has 0 aliphatic heterocycles. The Kier molecular flexibility index (Phi) is 2.77. The first kappa shape index (κ1) is 12.1. The lowest BCUT2D eigenvalue weighted by molar-refractivity contribution is -0.137. The average Bonchev–Trinajstić information content (AvgIpc) is 2.76. The highest BCUT2D eigenvalue weighted by atomic mass is 19.4. The van der Waals surface area contributed by atoms with Crippen LogP contribution in [-0.2, 0) is 6.18 Å². The molecule has 5 nitrogen and oxygen atoms in total. The molecule has 8 heteroatoms. The van der Waals surface area contributed by atoms with Crippen LogP contribution in [0.2, 0.25) is 0 Å². The molecule has 1 heterocycles. The first-order valence-electron chi connectivity index (χ1n) is 4.78. The van der Waals surface area contributed by atoms with Gasteiger partial charge in [0.2, 0.25) is 0 Å². The van der Waals surface area contributed by atoms with E-state index in [4.69, 9.17) is 5.73 Å². The van der Waals surface area contributed by atoms with Crippen molar-refractivity contribution in [2.24, 2.45) is 5.73 Å². The molecular weight excluding hydrogens is 249 g/mol. The summed E-state index contributed by atoms with van der Waals surface area (Å²) in [4.78, 5) is 11.0. The van der Waals surface area contributed by atoms with Gasteiger partial charge in [-0.15, -0.1) is 0 Å². The van der Waals surface area contributed by atoms with Crippen LogP contribution in [0.4, 0.5) is 13.2 Å². The number of H-pyrrole nitrogens is 1. The van der Waals surface area contributed by atoms with Crippen molar-refractivity contribution in [2.45, 2.75) is 6.18 Å². The molecule has 0 aliphatic rings. The van der Waals surface area contributed by atoms with Crippen molar-refractivity contribution in [3.63, 3.8) is 0 Å². The highest BCUT2D eigenvalue weighted by molar-refractivity contribution is 5.97. The molecule has 0 aliphatic carbocycles. The van der Waals surface area contributed by atoms with E-state index in [0.717, 1.165) is 6.07 Å². The minimum Gasteiger partial charge on any atom is -0.364 e. The Balaban J connectivity index is 2.65. The topological polar surface area (TPSA) is 84.7 Å². The van der Waals surface area contributed by atoms with Crippen LogP contribution in [0.1, 0.15) is 16.1 Å². The lowest BCUT2D eigenvalue weighted by Gasteiger charge is -2.10. The fourth-order valence-corrected chi connectivity index (χ4v) is 1.53. The summed E-state index contributed by atoms with van der Waals surface area (Å²) in [5, 5.41) is 9.07. The molecule has 1 aromatic heterocycles. The Morgan fingerprint density at radius 3 is 2.50 bits per heavy atom. The van der Waals surface area contributed by atoms with Crippen LogP contribution in [0.3, 0.4) is 0 Å². The number of nitrogens with one attached hydrogen (secondary N) is 1. The lowest BCUT2D eigenvalue weighted by atomic mass is 10.0. The number of alkyl halides is 3. The Morgan fingerprint density at radius 1 is 1.22 bits per heavy atom. The first-order valence-corrected chi connectivity index (χ1v) is 4.78. The Hall–Kier alpha value is -2.38. The maximum atomic E-state index is 12.8. The molecule has 3 N–H and O–H groups in total. The van der Waals surface area contributed by atoms with Gasteiger partial charge in [-0.1, -0.05) is 18.2 Å². The van der Waals surface area contributed by atoms with Gasteiger partial charge in [-0.3, -0.25) is 4.79 Å². The number of rotatable bonds is 2. The molecule has 0 saturated heterocycles. The number of nitrogens with zero attached hydrogens (tertiary/aromatic N) is 2. The average molecular weight is 256 g/mol. The number of aromatic amines is 1. The summed E-state index contributed by atoms with van der Waals surface area (Å²) in [6.07, 6.45) is -4.55. The molecule has 0 unspecified atom stereocenters. The third-order valence-electron chi connectivity index (χ3n) is 2.27. The molecule has 0 fully saturated rings. The van der Waals surface area contributed by atoms with E-state index < -0.39 is 17.6 Å². The van der Waals surface area contributed by atoms with Gasteiger partial charge in [-0.05, 0) is 6.07 Å². The number of hydrogen-bond donors (Lipinski definition) is 2. The van der Waals surface area contributed by atoms with Gasteiger partial charge >= 0.3 is 6.18 Å². The molecule has 0 bridgehead atoms. The summed E-state index contributed by atoms with van der Waals surface area (Å²) in [6, 6.07) is 4.75. The Labute approximate surface area is 98.8 Å². The number of halogens is 3. The third kappa shape index (κ3) is 2.04. The summed E-state index contributed by atoms with van der Waals surface area (Å²) in [6.45, 7) is 0. The van der Waals surface area contributed by atoms with E-state index in [1.54, 1.807) is 0 Å². The number of amides is 1. The maximum Gasteiger partial charge on any atom is 0.417 e. The van der Waals surface area contributed by atoms with Crippen LogP contribution in [0, 0.1) is 0 Å². The molecule has 2 aromatic rings. The van der Waals surface area contributed by atoms with Crippen molar-refractivity contribution >= 4 is 5.91 Å². The van der Waals surface area contributed by atoms with Crippen molar-refractivity contribution < 1.29 is 18.0 Å². The Bertz CT molecular complexity index is 591. The zero-order valence-corrected chi connectivity index (χ0v) is 8.82. The van der Waals surface area contributed by atoms with E-state index in [1.807, 2.05) is 0 Å².